The van der Waals surface area contributed by atoms with Crippen LogP contribution in [-0.2, 0) is 24.1 Å². The normalized spacial score (nSPS) is 10.7. The van der Waals surface area contributed by atoms with Gasteiger partial charge in [0.25, 0.3) is 0 Å². The van der Waals surface area contributed by atoms with E-state index in [2.05, 4.69) is 41.8 Å². The maximum absolute atomic E-state index is 11.4. The Hall–Kier alpha value is -1.41. The lowest BCUT2D eigenvalue weighted by atomic mass is 10.0. The Labute approximate surface area is 125 Å². The molecular weight excluding hydrogens is 264 g/mol. The molecule has 0 aliphatic heterocycles. The smallest absolute Gasteiger partial charge is 0.136 e. The molecule has 2 rings (SSSR count). The molecule has 0 fully saturated rings. The second kappa shape index (κ2) is 8.01. The van der Waals surface area contributed by atoms with Crippen molar-refractivity contribution in [3.05, 3.63) is 57.8 Å². The van der Waals surface area contributed by atoms with Gasteiger partial charge in [-0.3, -0.25) is 4.79 Å². The van der Waals surface area contributed by atoms with Crippen molar-refractivity contribution >= 4 is 17.1 Å². The highest BCUT2D eigenvalue weighted by Crippen LogP contribution is 2.14. The summed E-state index contributed by atoms with van der Waals surface area (Å²) in [5.41, 5.74) is 2.52. The number of aryl methyl sites for hydroxylation is 2. The molecule has 1 heterocycles. The first-order chi connectivity index (χ1) is 9.78. The van der Waals surface area contributed by atoms with Crippen LogP contribution in [0.1, 0.15) is 42.2 Å². The Morgan fingerprint density at radius 3 is 2.35 bits per heavy atom. The van der Waals surface area contributed by atoms with Crippen molar-refractivity contribution in [3.63, 3.8) is 0 Å². The van der Waals surface area contributed by atoms with Crippen molar-refractivity contribution in [2.75, 3.05) is 0 Å². The lowest BCUT2D eigenvalue weighted by molar-refractivity contribution is -0.118. The average Bonchev–Trinajstić information content (AvgIpc) is 2.98. The third-order valence-electron chi connectivity index (χ3n) is 3.54. The number of unbranched alkanes of at least 4 members (excludes halogenated alkanes) is 1. The molecule has 20 heavy (non-hydrogen) atoms. The SMILES string of the molecule is CCC(=O)Cc1ccc(CCCCc2cccs2)cc1. The monoisotopic (exact) mass is 286 g/mol. The molecule has 0 bridgehead atoms. The van der Waals surface area contributed by atoms with Crippen LogP contribution in [0.2, 0.25) is 0 Å². The van der Waals surface area contributed by atoms with Gasteiger partial charge in [-0.15, -0.1) is 11.3 Å². The summed E-state index contributed by atoms with van der Waals surface area (Å²) in [6.07, 6.45) is 6.01. The van der Waals surface area contributed by atoms with Gasteiger partial charge in [-0.2, -0.15) is 0 Å². The quantitative estimate of drug-likeness (QED) is 0.635. The summed E-state index contributed by atoms with van der Waals surface area (Å²) in [6.45, 7) is 1.92. The fourth-order valence-corrected chi connectivity index (χ4v) is 3.01. The fourth-order valence-electron chi connectivity index (χ4n) is 2.26. The largest absolute Gasteiger partial charge is 0.299 e. The van der Waals surface area contributed by atoms with Gasteiger partial charge < -0.3 is 0 Å². The zero-order valence-electron chi connectivity index (χ0n) is 12.1. The summed E-state index contributed by atoms with van der Waals surface area (Å²) in [4.78, 5) is 12.9. The lowest BCUT2D eigenvalue weighted by Gasteiger charge is -2.04. The van der Waals surface area contributed by atoms with E-state index in [0.717, 1.165) is 12.0 Å². The van der Waals surface area contributed by atoms with Gasteiger partial charge in [-0.1, -0.05) is 37.3 Å². The van der Waals surface area contributed by atoms with E-state index in [0.29, 0.717) is 18.6 Å². The summed E-state index contributed by atoms with van der Waals surface area (Å²) in [7, 11) is 0. The van der Waals surface area contributed by atoms with Crippen molar-refractivity contribution in [2.24, 2.45) is 0 Å². The highest BCUT2D eigenvalue weighted by Gasteiger charge is 2.01. The first-order valence-electron chi connectivity index (χ1n) is 7.40. The molecule has 106 valence electrons. The Kier molecular flexibility index (Phi) is 6.00. The summed E-state index contributed by atoms with van der Waals surface area (Å²) in [5, 5.41) is 2.14. The molecule has 1 aromatic carbocycles. The predicted octanol–water partition coefficient (Wildman–Crippen LogP) is 4.84. The number of thiophene rings is 1. The average molecular weight is 286 g/mol. The molecular formula is C18H22OS. The van der Waals surface area contributed by atoms with Crippen LogP contribution in [-0.4, -0.2) is 5.78 Å². The van der Waals surface area contributed by atoms with Crippen LogP contribution >= 0.6 is 11.3 Å². The van der Waals surface area contributed by atoms with E-state index in [1.165, 1.54) is 29.7 Å². The zero-order valence-corrected chi connectivity index (χ0v) is 12.9. The van der Waals surface area contributed by atoms with E-state index in [4.69, 9.17) is 0 Å². The molecule has 0 aliphatic rings. The third kappa shape index (κ3) is 4.93. The van der Waals surface area contributed by atoms with Crippen LogP contribution in [0.3, 0.4) is 0 Å². The van der Waals surface area contributed by atoms with Gasteiger partial charge in [-0.25, -0.2) is 0 Å². The maximum Gasteiger partial charge on any atom is 0.136 e. The molecule has 0 aliphatic carbocycles. The van der Waals surface area contributed by atoms with Crippen LogP contribution < -0.4 is 0 Å². The van der Waals surface area contributed by atoms with Gasteiger partial charge in [0.1, 0.15) is 5.78 Å². The van der Waals surface area contributed by atoms with Crippen molar-refractivity contribution in [1.29, 1.82) is 0 Å². The first kappa shape index (κ1) is 15.0. The highest BCUT2D eigenvalue weighted by atomic mass is 32.1. The van der Waals surface area contributed by atoms with E-state index in [1.807, 2.05) is 18.3 Å². The summed E-state index contributed by atoms with van der Waals surface area (Å²) < 4.78 is 0. The molecule has 0 N–H and O–H groups in total. The molecule has 0 saturated heterocycles. The summed E-state index contributed by atoms with van der Waals surface area (Å²) in [5.74, 6) is 0.314. The van der Waals surface area contributed by atoms with Crippen LogP contribution in [0.4, 0.5) is 0 Å². The van der Waals surface area contributed by atoms with Gasteiger partial charge in [0.2, 0.25) is 0 Å². The molecule has 0 atom stereocenters. The Morgan fingerprint density at radius 2 is 1.70 bits per heavy atom. The molecule has 0 saturated carbocycles. The zero-order chi connectivity index (χ0) is 14.2. The topological polar surface area (TPSA) is 17.1 Å². The highest BCUT2D eigenvalue weighted by molar-refractivity contribution is 7.09. The van der Waals surface area contributed by atoms with Crippen LogP contribution in [0.25, 0.3) is 0 Å². The van der Waals surface area contributed by atoms with E-state index < -0.39 is 0 Å². The Balaban J connectivity index is 1.72. The van der Waals surface area contributed by atoms with Crippen molar-refractivity contribution < 1.29 is 4.79 Å². The number of Topliss-reactive ketones (excluding diaryl/α,β-unsaturated/α-hetero) is 1. The molecule has 2 heteroatoms. The number of hydrogen-bond donors (Lipinski definition) is 0. The third-order valence-corrected chi connectivity index (χ3v) is 4.47. The number of carbonyl (C=O) groups excluding carboxylic acids is 1. The van der Waals surface area contributed by atoms with Gasteiger partial charge in [0.05, 0.1) is 0 Å². The van der Waals surface area contributed by atoms with Crippen molar-refractivity contribution in [3.8, 4) is 0 Å². The minimum absolute atomic E-state index is 0.314. The minimum atomic E-state index is 0.314. The number of ketones is 1. The fraction of sp³-hybridized carbons (Fsp3) is 0.389. The Morgan fingerprint density at radius 1 is 1.00 bits per heavy atom. The Bertz CT molecular complexity index is 511. The number of rotatable bonds is 8. The molecule has 0 unspecified atom stereocenters. The molecule has 0 amide bonds. The van der Waals surface area contributed by atoms with E-state index in [1.54, 1.807) is 0 Å². The van der Waals surface area contributed by atoms with E-state index in [9.17, 15) is 4.79 Å². The van der Waals surface area contributed by atoms with Crippen molar-refractivity contribution in [2.45, 2.75) is 45.4 Å². The second-order valence-electron chi connectivity index (χ2n) is 5.17. The van der Waals surface area contributed by atoms with Crippen LogP contribution in [0.15, 0.2) is 41.8 Å². The second-order valence-corrected chi connectivity index (χ2v) is 6.20. The molecule has 1 aromatic heterocycles. The number of carbonyl (C=O) groups is 1. The maximum atomic E-state index is 11.4. The first-order valence-corrected chi connectivity index (χ1v) is 8.28. The van der Waals surface area contributed by atoms with Gasteiger partial charge >= 0.3 is 0 Å². The molecule has 0 spiro atoms. The number of hydrogen-bond acceptors (Lipinski definition) is 2. The lowest BCUT2D eigenvalue weighted by Crippen LogP contribution is -2.00. The van der Waals surface area contributed by atoms with Crippen molar-refractivity contribution in [1.82, 2.24) is 0 Å². The van der Waals surface area contributed by atoms with Crippen LogP contribution in [0.5, 0.6) is 0 Å². The molecule has 1 nitrogen and oxygen atoms in total. The van der Waals surface area contributed by atoms with Gasteiger partial charge in [-0.05, 0) is 48.3 Å². The van der Waals surface area contributed by atoms with E-state index >= 15 is 0 Å². The molecule has 0 radical (unpaired) electrons. The summed E-state index contributed by atoms with van der Waals surface area (Å²) in [6, 6.07) is 12.9. The summed E-state index contributed by atoms with van der Waals surface area (Å²) >= 11 is 1.85. The number of benzene rings is 1. The minimum Gasteiger partial charge on any atom is -0.299 e. The standard InChI is InChI=1S/C18H22OS/c1-2-17(19)14-16-11-9-15(10-12-16)6-3-4-7-18-8-5-13-20-18/h5,8-13H,2-4,6-7,14H2,1H3. The van der Waals surface area contributed by atoms with Gasteiger partial charge in [0, 0.05) is 17.7 Å². The molecule has 2 aromatic rings. The predicted molar refractivity (Wildman–Crippen MR) is 86.4 cm³/mol. The van der Waals surface area contributed by atoms with Crippen LogP contribution in [0, 0.1) is 0 Å². The van der Waals surface area contributed by atoms with E-state index in [-0.39, 0.29) is 0 Å². The van der Waals surface area contributed by atoms with Gasteiger partial charge in [0.15, 0.2) is 0 Å².